The first-order valence-corrected chi connectivity index (χ1v) is 5.57. The molecule has 1 aromatic carbocycles. The van der Waals surface area contributed by atoms with Crippen LogP contribution in [0.2, 0.25) is 0 Å². The number of fused-ring (bicyclic) bond motifs is 1. The molecule has 4 nitrogen and oxygen atoms in total. The molecule has 1 aromatic heterocycles. The largest absolute Gasteiger partial charge is 0.342 e. The number of rotatable bonds is 4. The van der Waals surface area contributed by atoms with Gasteiger partial charge in [0, 0.05) is 6.04 Å². The van der Waals surface area contributed by atoms with E-state index in [0.29, 0.717) is 0 Å². The normalized spacial score (nSPS) is 13.2. The van der Waals surface area contributed by atoms with Gasteiger partial charge >= 0.3 is 0 Å². The van der Waals surface area contributed by atoms with Crippen LogP contribution in [0.4, 0.5) is 0 Å². The van der Waals surface area contributed by atoms with Crippen molar-refractivity contribution in [2.45, 2.75) is 19.4 Å². The SMILES string of the molecule is CNCCC(N)c1ccc2nc(C)[nH]c2c1. The zero-order valence-electron chi connectivity index (χ0n) is 9.75. The van der Waals surface area contributed by atoms with Crippen molar-refractivity contribution < 1.29 is 0 Å². The number of benzene rings is 1. The van der Waals surface area contributed by atoms with Crippen LogP contribution < -0.4 is 11.1 Å². The van der Waals surface area contributed by atoms with Gasteiger partial charge in [-0.1, -0.05) is 6.07 Å². The molecule has 0 saturated heterocycles. The fourth-order valence-electron chi connectivity index (χ4n) is 1.85. The Bertz CT molecular complexity index is 475. The third kappa shape index (κ3) is 2.23. The van der Waals surface area contributed by atoms with Crippen LogP contribution in [0.25, 0.3) is 11.0 Å². The van der Waals surface area contributed by atoms with Crippen LogP contribution in [-0.4, -0.2) is 23.6 Å². The van der Waals surface area contributed by atoms with E-state index in [4.69, 9.17) is 5.73 Å². The molecule has 1 atom stereocenters. The van der Waals surface area contributed by atoms with Gasteiger partial charge in [-0.3, -0.25) is 0 Å². The number of aromatic amines is 1. The van der Waals surface area contributed by atoms with E-state index in [2.05, 4.69) is 27.4 Å². The highest BCUT2D eigenvalue weighted by Crippen LogP contribution is 2.19. The predicted molar refractivity (Wildman–Crippen MR) is 66.3 cm³/mol. The molecular weight excluding hydrogens is 200 g/mol. The van der Waals surface area contributed by atoms with Crippen LogP contribution in [0.1, 0.15) is 23.9 Å². The Hall–Kier alpha value is -1.39. The first kappa shape index (κ1) is 11.1. The first-order valence-electron chi connectivity index (χ1n) is 5.57. The van der Waals surface area contributed by atoms with E-state index in [0.717, 1.165) is 35.4 Å². The second-order valence-electron chi connectivity index (χ2n) is 4.10. The third-order valence-electron chi connectivity index (χ3n) is 2.76. The fourth-order valence-corrected chi connectivity index (χ4v) is 1.85. The molecule has 0 aliphatic heterocycles. The van der Waals surface area contributed by atoms with Gasteiger partial charge in [0.05, 0.1) is 11.0 Å². The van der Waals surface area contributed by atoms with Gasteiger partial charge in [0.1, 0.15) is 5.82 Å². The summed E-state index contributed by atoms with van der Waals surface area (Å²) in [4.78, 5) is 7.59. The van der Waals surface area contributed by atoms with Crippen LogP contribution in [0.15, 0.2) is 18.2 Å². The van der Waals surface area contributed by atoms with Crippen LogP contribution >= 0.6 is 0 Å². The maximum Gasteiger partial charge on any atom is 0.104 e. The monoisotopic (exact) mass is 218 g/mol. The van der Waals surface area contributed by atoms with E-state index >= 15 is 0 Å². The second kappa shape index (κ2) is 4.63. The van der Waals surface area contributed by atoms with Crippen molar-refractivity contribution in [1.29, 1.82) is 0 Å². The van der Waals surface area contributed by atoms with E-state index in [9.17, 15) is 0 Å². The molecular formula is C12H18N4. The van der Waals surface area contributed by atoms with Gasteiger partial charge in [0.2, 0.25) is 0 Å². The number of hydrogen-bond acceptors (Lipinski definition) is 3. The van der Waals surface area contributed by atoms with Gasteiger partial charge < -0.3 is 16.0 Å². The predicted octanol–water partition coefficient (Wildman–Crippen LogP) is 1.48. The highest BCUT2D eigenvalue weighted by Gasteiger charge is 2.07. The van der Waals surface area contributed by atoms with Gasteiger partial charge in [-0.25, -0.2) is 4.98 Å². The van der Waals surface area contributed by atoms with Crippen LogP contribution in [0, 0.1) is 6.92 Å². The van der Waals surface area contributed by atoms with Crippen molar-refractivity contribution in [3.63, 3.8) is 0 Å². The molecule has 2 rings (SSSR count). The molecule has 4 N–H and O–H groups in total. The Morgan fingerprint density at radius 2 is 2.31 bits per heavy atom. The number of nitrogens with two attached hydrogens (primary N) is 1. The van der Waals surface area contributed by atoms with Gasteiger partial charge in [-0.2, -0.15) is 0 Å². The second-order valence-corrected chi connectivity index (χ2v) is 4.10. The Morgan fingerprint density at radius 3 is 3.06 bits per heavy atom. The lowest BCUT2D eigenvalue weighted by atomic mass is 10.0. The van der Waals surface area contributed by atoms with Crippen LogP contribution in [0.5, 0.6) is 0 Å². The van der Waals surface area contributed by atoms with Gasteiger partial charge in [-0.15, -0.1) is 0 Å². The molecule has 4 heteroatoms. The van der Waals surface area contributed by atoms with Gasteiger partial charge in [0.15, 0.2) is 0 Å². The fraction of sp³-hybridized carbons (Fsp3) is 0.417. The molecule has 0 fully saturated rings. The highest BCUT2D eigenvalue weighted by atomic mass is 14.9. The topological polar surface area (TPSA) is 66.7 Å². The minimum atomic E-state index is 0.0838. The van der Waals surface area contributed by atoms with Crippen molar-refractivity contribution in [1.82, 2.24) is 15.3 Å². The van der Waals surface area contributed by atoms with Crippen molar-refractivity contribution in [3.8, 4) is 0 Å². The lowest BCUT2D eigenvalue weighted by molar-refractivity contribution is 0.616. The number of aryl methyl sites for hydroxylation is 1. The highest BCUT2D eigenvalue weighted by molar-refractivity contribution is 5.75. The summed E-state index contributed by atoms with van der Waals surface area (Å²) in [6.07, 6.45) is 0.940. The molecule has 2 aromatic rings. The summed E-state index contributed by atoms with van der Waals surface area (Å²) in [5.74, 6) is 0.941. The summed E-state index contributed by atoms with van der Waals surface area (Å²) in [5, 5.41) is 3.11. The number of nitrogens with one attached hydrogen (secondary N) is 2. The lowest BCUT2D eigenvalue weighted by Gasteiger charge is -2.11. The van der Waals surface area contributed by atoms with Crippen molar-refractivity contribution in [2.75, 3.05) is 13.6 Å². The number of hydrogen-bond donors (Lipinski definition) is 3. The Kier molecular flexibility index (Phi) is 3.22. The molecule has 0 aliphatic carbocycles. The van der Waals surface area contributed by atoms with E-state index < -0.39 is 0 Å². The average Bonchev–Trinajstić information content (AvgIpc) is 2.64. The molecule has 0 saturated carbocycles. The first-order chi connectivity index (χ1) is 7.70. The molecule has 0 bridgehead atoms. The zero-order valence-corrected chi connectivity index (χ0v) is 9.75. The van der Waals surface area contributed by atoms with Crippen LogP contribution in [-0.2, 0) is 0 Å². The van der Waals surface area contributed by atoms with Crippen molar-refractivity contribution >= 4 is 11.0 Å². The number of imidazole rings is 1. The van der Waals surface area contributed by atoms with Crippen molar-refractivity contribution in [3.05, 3.63) is 29.6 Å². The number of nitrogens with zero attached hydrogens (tertiary/aromatic N) is 1. The molecule has 0 aliphatic rings. The Balaban J connectivity index is 2.24. The van der Waals surface area contributed by atoms with Gasteiger partial charge in [0.25, 0.3) is 0 Å². The van der Waals surface area contributed by atoms with Crippen LogP contribution in [0.3, 0.4) is 0 Å². The lowest BCUT2D eigenvalue weighted by Crippen LogP contribution is -2.17. The molecule has 0 radical (unpaired) electrons. The summed E-state index contributed by atoms with van der Waals surface area (Å²) in [6.45, 7) is 2.89. The maximum absolute atomic E-state index is 6.10. The molecule has 1 unspecified atom stereocenters. The summed E-state index contributed by atoms with van der Waals surface area (Å²) >= 11 is 0. The molecule has 16 heavy (non-hydrogen) atoms. The van der Waals surface area contributed by atoms with E-state index in [1.807, 2.05) is 20.0 Å². The molecule has 0 amide bonds. The molecule has 86 valence electrons. The number of H-pyrrole nitrogens is 1. The van der Waals surface area contributed by atoms with E-state index in [1.165, 1.54) is 0 Å². The summed E-state index contributed by atoms with van der Waals surface area (Å²) < 4.78 is 0. The maximum atomic E-state index is 6.10. The van der Waals surface area contributed by atoms with Crippen molar-refractivity contribution in [2.24, 2.45) is 5.73 Å². The minimum Gasteiger partial charge on any atom is -0.342 e. The molecule has 0 spiro atoms. The Morgan fingerprint density at radius 1 is 1.50 bits per heavy atom. The summed E-state index contributed by atoms with van der Waals surface area (Å²) in [5.41, 5.74) is 9.33. The summed E-state index contributed by atoms with van der Waals surface area (Å²) in [7, 11) is 1.94. The standard InChI is InChI=1S/C12H18N4/c1-8-15-11-4-3-9(7-12(11)16-8)10(13)5-6-14-2/h3-4,7,10,14H,5-6,13H2,1-2H3,(H,15,16). The Labute approximate surface area is 95.3 Å². The smallest absolute Gasteiger partial charge is 0.104 e. The van der Waals surface area contributed by atoms with E-state index in [-0.39, 0.29) is 6.04 Å². The third-order valence-corrected chi connectivity index (χ3v) is 2.76. The van der Waals surface area contributed by atoms with Gasteiger partial charge in [-0.05, 0) is 44.6 Å². The van der Waals surface area contributed by atoms with E-state index in [1.54, 1.807) is 0 Å². The summed E-state index contributed by atoms with van der Waals surface area (Å²) in [6, 6.07) is 6.26. The minimum absolute atomic E-state index is 0.0838. The average molecular weight is 218 g/mol. The quantitative estimate of drug-likeness (QED) is 0.728. The number of aromatic nitrogens is 2. The zero-order chi connectivity index (χ0) is 11.5. The molecule has 1 heterocycles.